The Kier molecular flexibility index (Phi) is 13.7. The maximum Gasteiger partial charge on any atom is 0.481 e. The van der Waals surface area contributed by atoms with Crippen molar-refractivity contribution in [3.05, 3.63) is 12.7 Å². The highest BCUT2D eigenvalue weighted by Gasteiger charge is 2.50. The van der Waals surface area contributed by atoms with Crippen LogP contribution in [0.15, 0.2) is 12.7 Å². The van der Waals surface area contributed by atoms with Gasteiger partial charge in [0.05, 0.1) is 19.5 Å². The molecule has 2 aromatic rings. The van der Waals surface area contributed by atoms with Crippen LogP contribution in [0, 0.1) is 5.41 Å². The molecular weight excluding hydrogens is 731 g/mol. The summed E-state index contributed by atoms with van der Waals surface area (Å²) in [5, 5.41) is 26.1. The minimum Gasteiger partial charge on any atom is -0.386 e. The lowest BCUT2D eigenvalue weighted by Gasteiger charge is -2.30. The topological polar surface area (TPSA) is 347 Å². The molecule has 0 aromatic carbocycles. The minimum absolute atomic E-state index is 0.0363. The highest BCUT2D eigenvalue weighted by atomic mass is 32.1. The van der Waals surface area contributed by atoms with E-state index in [0.29, 0.717) is 12.3 Å². The molecule has 2 aromatic heterocycles. The number of hydrogen-bond acceptors (Lipinski definition) is 17. The summed E-state index contributed by atoms with van der Waals surface area (Å²) >= 11 is 3.95. The van der Waals surface area contributed by atoms with Gasteiger partial charge in [0.2, 0.25) is 11.8 Å². The van der Waals surface area contributed by atoms with Gasteiger partial charge < -0.3 is 50.9 Å². The number of aliphatic hydroxyl groups excluding tert-OH is 2. The zero-order valence-electron chi connectivity index (χ0n) is 25.2. The molecule has 23 nitrogen and oxygen atoms in total. The third-order valence-electron chi connectivity index (χ3n) is 6.51. The van der Waals surface area contributed by atoms with Crippen molar-refractivity contribution in [2.75, 3.05) is 37.8 Å². The monoisotopic (exact) mass is 767 g/mol. The molecule has 2 amide bonds. The molecule has 1 aliphatic rings. The van der Waals surface area contributed by atoms with E-state index < -0.39 is 78.6 Å². The second-order valence-corrected chi connectivity index (χ2v) is 15.5. The fraction of sp³-hybridized carbons (Fsp3) is 0.667. The van der Waals surface area contributed by atoms with Gasteiger partial charge in [-0.2, -0.15) is 16.9 Å². The van der Waals surface area contributed by atoms with E-state index in [9.17, 15) is 53.1 Å². The van der Waals surface area contributed by atoms with Gasteiger partial charge in [0.15, 0.2) is 17.7 Å². The molecule has 2 unspecified atom stereocenters. The quantitative estimate of drug-likeness (QED) is 0.0599. The Hall–Kier alpha value is -2.11. The van der Waals surface area contributed by atoms with Crippen LogP contribution in [0.1, 0.15) is 26.5 Å². The number of nitrogen functional groups attached to an aromatic ring is 1. The van der Waals surface area contributed by atoms with Crippen LogP contribution in [-0.2, 0) is 45.9 Å². The predicted molar refractivity (Wildman–Crippen MR) is 163 cm³/mol. The molecule has 10 N–H and O–H groups in total. The van der Waals surface area contributed by atoms with Gasteiger partial charge in [-0.3, -0.25) is 27.7 Å². The number of amides is 2. The lowest BCUT2D eigenvalue weighted by Crippen LogP contribution is -2.46. The molecule has 7 atom stereocenters. The van der Waals surface area contributed by atoms with Crippen molar-refractivity contribution in [2.24, 2.45) is 5.41 Å². The van der Waals surface area contributed by atoms with Crippen LogP contribution in [0.2, 0.25) is 0 Å². The fourth-order valence-corrected chi connectivity index (χ4v) is 7.08. The number of aliphatic hydroxyl groups is 2. The first-order valence-electron chi connectivity index (χ1n) is 13.7. The maximum absolute atomic E-state index is 12.6. The second-order valence-electron chi connectivity index (χ2n) is 10.8. The molecule has 0 saturated carbocycles. The molecule has 0 radical (unpaired) electrons. The molecule has 0 bridgehead atoms. The molecule has 0 spiro atoms. The smallest absolute Gasteiger partial charge is 0.386 e. The van der Waals surface area contributed by atoms with Crippen LogP contribution >= 0.6 is 36.1 Å². The van der Waals surface area contributed by atoms with Crippen molar-refractivity contribution in [1.82, 2.24) is 30.2 Å². The Balaban J connectivity index is 1.61. The van der Waals surface area contributed by atoms with Gasteiger partial charge in [0.25, 0.3) is 0 Å². The standard InChI is InChI=1S/C21H36N7O16P3S/c1-21(2,16(31)19(32)24-4-3-12(29)23-5-6-48)8-41-47(38,39)44-46(36,37)40-7-11-15(43-45(33,34)35)14(30)20(42-11)28-10-27-13-17(22)25-9-26-18(13)28/h9-11,14-16,20,30-31,48H,3-8H2,1-2H3,(H,23,29)(H,24,32)(H,36,37)(H,38,39)(H2,22,25,26)(H2,33,34,35)/t11-,14+,15-,16+,20-/m1/s1. The number of phosphoric ester groups is 3. The number of nitrogens with one attached hydrogen (secondary N) is 2. The molecule has 3 rings (SSSR count). The van der Waals surface area contributed by atoms with Crippen LogP contribution < -0.4 is 16.4 Å². The number of thiol groups is 1. The Bertz CT molecular complexity index is 1590. The molecule has 1 aliphatic heterocycles. The van der Waals surface area contributed by atoms with Gasteiger partial charge in [-0.1, -0.05) is 13.8 Å². The molecule has 27 heteroatoms. The van der Waals surface area contributed by atoms with Crippen molar-refractivity contribution in [3.8, 4) is 0 Å². The van der Waals surface area contributed by atoms with Crippen molar-refractivity contribution >= 4 is 64.9 Å². The summed E-state index contributed by atoms with van der Waals surface area (Å²) in [5.74, 6) is -0.943. The molecular formula is C21H36N7O16P3S. The maximum atomic E-state index is 12.6. The number of carbonyl (C=O) groups excluding carboxylic acids is 2. The van der Waals surface area contributed by atoms with E-state index >= 15 is 0 Å². The average Bonchev–Trinajstić information content (AvgIpc) is 3.54. The van der Waals surface area contributed by atoms with E-state index in [2.05, 4.69) is 47.0 Å². The van der Waals surface area contributed by atoms with Crippen molar-refractivity contribution in [3.63, 3.8) is 0 Å². The summed E-state index contributed by atoms with van der Waals surface area (Å²) in [6, 6.07) is 0. The average molecular weight is 768 g/mol. The van der Waals surface area contributed by atoms with E-state index in [4.69, 9.17) is 19.5 Å². The molecule has 1 saturated heterocycles. The molecule has 48 heavy (non-hydrogen) atoms. The number of carbonyl (C=O) groups is 2. The number of imidazole rings is 1. The summed E-state index contributed by atoms with van der Waals surface area (Å²) in [5.41, 5.74) is 4.30. The second kappa shape index (κ2) is 16.3. The van der Waals surface area contributed by atoms with E-state index in [1.807, 2.05) is 0 Å². The molecule has 272 valence electrons. The minimum atomic E-state index is -5.54. The molecule has 1 fully saturated rings. The molecule has 0 aliphatic carbocycles. The van der Waals surface area contributed by atoms with E-state index in [1.54, 1.807) is 0 Å². The van der Waals surface area contributed by atoms with Crippen LogP contribution in [0.25, 0.3) is 11.2 Å². The van der Waals surface area contributed by atoms with Crippen molar-refractivity contribution < 1.29 is 75.7 Å². The zero-order chi connectivity index (χ0) is 36.1. The van der Waals surface area contributed by atoms with Gasteiger partial charge in [0.1, 0.15) is 36.3 Å². The Morgan fingerprint density at radius 1 is 1.10 bits per heavy atom. The lowest BCUT2D eigenvalue weighted by atomic mass is 9.87. The predicted octanol–water partition coefficient (Wildman–Crippen LogP) is -1.67. The first kappa shape index (κ1) is 40.3. The Morgan fingerprint density at radius 3 is 2.42 bits per heavy atom. The summed E-state index contributed by atoms with van der Waals surface area (Å²) < 4.78 is 61.7. The van der Waals surface area contributed by atoms with Crippen molar-refractivity contribution in [1.29, 1.82) is 0 Å². The SMILES string of the molecule is CC(C)(COP(=O)(O)OP(=O)(O)OC[C@H]1O[C@@H](n2cnc3c(N)ncnc32)[C@@H](O)[C@@H]1OP(=O)(O)O)[C@@H](O)C(=O)NCCC(=O)NCCS. The summed E-state index contributed by atoms with van der Waals surface area (Å²) in [7, 11) is -16.3. The van der Waals surface area contributed by atoms with Crippen LogP contribution in [0.5, 0.6) is 0 Å². The van der Waals surface area contributed by atoms with Gasteiger partial charge in [-0.25, -0.2) is 28.6 Å². The van der Waals surface area contributed by atoms with Gasteiger partial charge in [-0.05, 0) is 0 Å². The van der Waals surface area contributed by atoms with Gasteiger partial charge in [0, 0.05) is 30.7 Å². The van der Waals surface area contributed by atoms with Crippen LogP contribution in [0.3, 0.4) is 0 Å². The van der Waals surface area contributed by atoms with Crippen LogP contribution in [0.4, 0.5) is 5.82 Å². The highest BCUT2D eigenvalue weighted by molar-refractivity contribution is 7.80. The molecule has 3 heterocycles. The normalized spacial score (nSPS) is 23.4. The van der Waals surface area contributed by atoms with E-state index in [0.717, 1.165) is 17.2 Å². The third-order valence-corrected chi connectivity index (χ3v) is 9.83. The number of fused-ring (bicyclic) bond motifs is 1. The Labute approximate surface area is 277 Å². The lowest BCUT2D eigenvalue weighted by molar-refractivity contribution is -0.137. The van der Waals surface area contributed by atoms with Gasteiger partial charge >= 0.3 is 23.5 Å². The largest absolute Gasteiger partial charge is 0.481 e. The number of phosphoric acid groups is 3. The number of anilines is 1. The number of hydrogen-bond donors (Lipinski definition) is 10. The number of aromatic nitrogens is 4. The fourth-order valence-electron chi connectivity index (χ4n) is 4.14. The number of nitrogens with two attached hydrogens (primary N) is 1. The van der Waals surface area contributed by atoms with Crippen molar-refractivity contribution in [2.45, 2.75) is 50.9 Å². The number of nitrogens with zero attached hydrogens (tertiary/aromatic N) is 4. The van der Waals surface area contributed by atoms with E-state index in [-0.39, 0.29) is 35.9 Å². The summed E-state index contributed by atoms with van der Waals surface area (Å²) in [4.78, 5) is 74.6. The number of rotatable bonds is 18. The Morgan fingerprint density at radius 2 is 1.77 bits per heavy atom. The van der Waals surface area contributed by atoms with E-state index in [1.165, 1.54) is 13.8 Å². The first-order chi connectivity index (χ1) is 22.2. The van der Waals surface area contributed by atoms with Gasteiger partial charge in [-0.15, -0.1) is 0 Å². The highest BCUT2D eigenvalue weighted by Crippen LogP contribution is 2.61. The third kappa shape index (κ3) is 11.2. The first-order valence-corrected chi connectivity index (χ1v) is 18.8. The van der Waals surface area contributed by atoms with Crippen LogP contribution in [-0.4, -0.2) is 118 Å². The summed E-state index contributed by atoms with van der Waals surface area (Å²) in [6.07, 6.45) is -6.74. The number of ether oxygens (including phenoxy) is 1. The summed E-state index contributed by atoms with van der Waals surface area (Å²) in [6.45, 7) is 0.723. The zero-order valence-corrected chi connectivity index (χ0v) is 28.8.